The number of carbonyl (C=O) groups is 1. The summed E-state index contributed by atoms with van der Waals surface area (Å²) >= 11 is 0. The topological polar surface area (TPSA) is 88.1 Å². The molecular formula is C17H17FN4O4. The molecule has 0 aliphatic carbocycles. The molecule has 0 saturated carbocycles. The predicted octanol–water partition coefficient (Wildman–Crippen LogP) is 0.820. The highest BCUT2D eigenvalue weighted by Crippen LogP contribution is 2.05. The third-order valence-electron chi connectivity index (χ3n) is 4.04. The van der Waals surface area contributed by atoms with Gasteiger partial charge in [-0.3, -0.25) is 13.9 Å². The molecule has 1 aromatic carbocycles. The van der Waals surface area contributed by atoms with Crippen LogP contribution in [0.1, 0.15) is 16.8 Å². The number of benzene rings is 1. The van der Waals surface area contributed by atoms with Crippen LogP contribution in [0.3, 0.4) is 0 Å². The van der Waals surface area contributed by atoms with Crippen LogP contribution in [0.15, 0.2) is 40.2 Å². The van der Waals surface area contributed by atoms with E-state index in [1.807, 2.05) is 0 Å². The molecule has 0 aliphatic rings. The number of aryl methyl sites for hydroxylation is 2. The summed E-state index contributed by atoms with van der Waals surface area (Å²) in [5.41, 5.74) is -0.0355. The highest BCUT2D eigenvalue weighted by Gasteiger charge is 2.15. The first-order valence-corrected chi connectivity index (χ1v) is 7.93. The summed E-state index contributed by atoms with van der Waals surface area (Å²) in [5.74, 6) is -1.03. The van der Waals surface area contributed by atoms with Crippen molar-refractivity contribution in [3.8, 4) is 0 Å². The number of nitrogens with zero attached hydrogens (tertiary/aromatic N) is 4. The van der Waals surface area contributed by atoms with Gasteiger partial charge in [-0.1, -0.05) is 0 Å². The Balaban J connectivity index is 1.70. The van der Waals surface area contributed by atoms with Crippen molar-refractivity contribution in [1.29, 1.82) is 0 Å². The van der Waals surface area contributed by atoms with E-state index < -0.39 is 23.0 Å². The maximum atomic E-state index is 12.8. The number of fused-ring (bicyclic) bond motifs is 1. The number of aromatic nitrogens is 4. The smallest absolute Gasteiger partial charge is 0.338 e. The second-order valence-electron chi connectivity index (χ2n) is 5.82. The van der Waals surface area contributed by atoms with Crippen LogP contribution in [0.4, 0.5) is 4.39 Å². The number of rotatable bonds is 5. The van der Waals surface area contributed by atoms with E-state index in [4.69, 9.17) is 4.74 Å². The Labute approximate surface area is 147 Å². The molecule has 8 nitrogen and oxygen atoms in total. The Morgan fingerprint density at radius 2 is 1.88 bits per heavy atom. The standard InChI is InChI=1S/C17H17FN4O4/c1-20-10-19-14-13(20)15(23)22(17(25)21(14)2)8-3-9-26-16(24)11-4-6-12(18)7-5-11/h4-7,10H,3,8-9H2,1-2H3. The first-order chi connectivity index (χ1) is 12.4. The largest absolute Gasteiger partial charge is 0.462 e. The highest BCUT2D eigenvalue weighted by atomic mass is 19.1. The molecule has 136 valence electrons. The Kier molecular flexibility index (Phi) is 4.70. The second-order valence-corrected chi connectivity index (χ2v) is 5.82. The van der Waals surface area contributed by atoms with E-state index in [1.165, 1.54) is 35.2 Å². The van der Waals surface area contributed by atoms with Crippen molar-refractivity contribution in [3.05, 3.63) is 62.8 Å². The minimum atomic E-state index is -0.590. The molecule has 0 fully saturated rings. The number of halogens is 1. The van der Waals surface area contributed by atoms with Gasteiger partial charge in [0, 0.05) is 20.6 Å². The lowest BCUT2D eigenvalue weighted by molar-refractivity contribution is 0.0495. The molecule has 9 heteroatoms. The van der Waals surface area contributed by atoms with Gasteiger partial charge in [0.1, 0.15) is 5.82 Å². The highest BCUT2D eigenvalue weighted by molar-refractivity contribution is 5.89. The minimum absolute atomic E-state index is 0.0230. The molecule has 0 spiro atoms. The van der Waals surface area contributed by atoms with Crippen molar-refractivity contribution < 1.29 is 13.9 Å². The van der Waals surface area contributed by atoms with E-state index >= 15 is 0 Å². The first kappa shape index (κ1) is 17.6. The zero-order valence-electron chi connectivity index (χ0n) is 14.3. The lowest BCUT2D eigenvalue weighted by Crippen LogP contribution is -2.39. The molecule has 3 aromatic rings. The van der Waals surface area contributed by atoms with E-state index in [0.29, 0.717) is 11.2 Å². The molecular weight excluding hydrogens is 343 g/mol. The maximum absolute atomic E-state index is 12.8. The summed E-state index contributed by atoms with van der Waals surface area (Å²) in [6, 6.07) is 4.99. The molecule has 0 radical (unpaired) electrons. The van der Waals surface area contributed by atoms with Gasteiger partial charge in [-0.05, 0) is 30.7 Å². The van der Waals surface area contributed by atoms with Crippen LogP contribution < -0.4 is 11.2 Å². The lowest BCUT2D eigenvalue weighted by atomic mass is 10.2. The molecule has 0 saturated heterocycles. The van der Waals surface area contributed by atoms with Crippen LogP contribution in [-0.4, -0.2) is 31.3 Å². The Morgan fingerprint density at radius 3 is 2.58 bits per heavy atom. The second kappa shape index (κ2) is 6.95. The molecule has 0 atom stereocenters. The van der Waals surface area contributed by atoms with Crippen LogP contribution in [0.5, 0.6) is 0 Å². The average Bonchev–Trinajstić information content (AvgIpc) is 3.01. The number of esters is 1. The molecule has 26 heavy (non-hydrogen) atoms. The van der Waals surface area contributed by atoms with Gasteiger partial charge in [-0.25, -0.2) is 19.0 Å². The quantitative estimate of drug-likeness (QED) is 0.497. The minimum Gasteiger partial charge on any atom is -0.462 e. The van der Waals surface area contributed by atoms with Gasteiger partial charge in [0.15, 0.2) is 11.2 Å². The van der Waals surface area contributed by atoms with Crippen molar-refractivity contribution in [2.45, 2.75) is 13.0 Å². The monoisotopic (exact) mass is 360 g/mol. The molecule has 0 bridgehead atoms. The van der Waals surface area contributed by atoms with Gasteiger partial charge in [0.05, 0.1) is 18.5 Å². The molecule has 2 heterocycles. The summed E-state index contributed by atoms with van der Waals surface area (Å²) < 4.78 is 21.9. The van der Waals surface area contributed by atoms with Crippen LogP contribution >= 0.6 is 0 Å². The normalized spacial score (nSPS) is 11.0. The fraction of sp³-hybridized carbons (Fsp3) is 0.294. The van der Waals surface area contributed by atoms with Crippen LogP contribution in [0.25, 0.3) is 11.2 Å². The van der Waals surface area contributed by atoms with Gasteiger partial charge in [0.25, 0.3) is 5.56 Å². The molecule has 0 N–H and O–H groups in total. The van der Waals surface area contributed by atoms with Crippen molar-refractivity contribution in [3.63, 3.8) is 0 Å². The third kappa shape index (κ3) is 3.15. The summed E-state index contributed by atoms with van der Waals surface area (Å²) in [6.07, 6.45) is 1.76. The summed E-state index contributed by atoms with van der Waals surface area (Å²) in [7, 11) is 3.22. The van der Waals surface area contributed by atoms with Gasteiger partial charge >= 0.3 is 11.7 Å². The number of ether oxygens (including phenoxy) is 1. The van der Waals surface area contributed by atoms with E-state index in [9.17, 15) is 18.8 Å². The fourth-order valence-electron chi connectivity index (χ4n) is 2.65. The van der Waals surface area contributed by atoms with Gasteiger partial charge < -0.3 is 9.30 Å². The summed E-state index contributed by atoms with van der Waals surface area (Å²) in [6.45, 7) is 0.124. The fourth-order valence-corrected chi connectivity index (χ4v) is 2.65. The molecule has 3 rings (SSSR count). The predicted molar refractivity (Wildman–Crippen MR) is 91.5 cm³/mol. The zero-order valence-corrected chi connectivity index (χ0v) is 14.3. The van der Waals surface area contributed by atoms with Crippen molar-refractivity contribution in [2.24, 2.45) is 14.1 Å². The SMILES string of the molecule is Cn1cnc2c1c(=O)n(CCCOC(=O)c1ccc(F)cc1)c(=O)n2C. The number of hydrogen-bond donors (Lipinski definition) is 0. The first-order valence-electron chi connectivity index (χ1n) is 7.93. The third-order valence-corrected chi connectivity index (χ3v) is 4.04. The van der Waals surface area contributed by atoms with Crippen molar-refractivity contribution in [2.75, 3.05) is 6.61 Å². The maximum Gasteiger partial charge on any atom is 0.338 e. The molecule has 0 amide bonds. The van der Waals surface area contributed by atoms with Gasteiger partial charge in [-0.2, -0.15) is 0 Å². The number of imidazole rings is 1. The summed E-state index contributed by atoms with van der Waals surface area (Å²) in [5, 5.41) is 0. The van der Waals surface area contributed by atoms with Crippen molar-refractivity contribution >= 4 is 17.1 Å². The number of carbonyl (C=O) groups excluding carboxylic acids is 1. The van der Waals surface area contributed by atoms with Crippen LogP contribution in [0, 0.1) is 5.82 Å². The average molecular weight is 360 g/mol. The molecule has 0 aliphatic heterocycles. The molecule has 0 unspecified atom stereocenters. The number of hydrogen-bond acceptors (Lipinski definition) is 5. The molecule has 2 aromatic heterocycles. The Bertz CT molecular complexity index is 1080. The van der Waals surface area contributed by atoms with Crippen LogP contribution in [-0.2, 0) is 25.4 Å². The van der Waals surface area contributed by atoms with Crippen molar-refractivity contribution in [1.82, 2.24) is 18.7 Å². The van der Waals surface area contributed by atoms with E-state index in [0.717, 1.165) is 4.57 Å². The van der Waals surface area contributed by atoms with Crippen LogP contribution in [0.2, 0.25) is 0 Å². The van der Waals surface area contributed by atoms with E-state index in [1.54, 1.807) is 18.7 Å². The van der Waals surface area contributed by atoms with Gasteiger partial charge in [-0.15, -0.1) is 0 Å². The Hall–Kier alpha value is -3.23. The lowest BCUT2D eigenvalue weighted by Gasteiger charge is -2.09. The summed E-state index contributed by atoms with van der Waals surface area (Å²) in [4.78, 5) is 40.7. The Morgan fingerprint density at radius 1 is 1.19 bits per heavy atom. The van der Waals surface area contributed by atoms with Gasteiger partial charge in [0.2, 0.25) is 0 Å². The zero-order chi connectivity index (χ0) is 18.8. The van der Waals surface area contributed by atoms with E-state index in [-0.39, 0.29) is 25.1 Å². The van der Waals surface area contributed by atoms with E-state index in [2.05, 4.69) is 4.98 Å².